The Hall–Kier alpha value is -2.35. The summed E-state index contributed by atoms with van der Waals surface area (Å²) >= 11 is 0. The summed E-state index contributed by atoms with van der Waals surface area (Å²) in [6, 6.07) is 17.8. The van der Waals surface area contributed by atoms with Gasteiger partial charge in [-0.1, -0.05) is 24.3 Å². The maximum absolute atomic E-state index is 8.55. The van der Waals surface area contributed by atoms with Gasteiger partial charge in [-0.25, -0.2) is 0 Å². The molecule has 0 spiro atoms. The van der Waals surface area contributed by atoms with E-state index >= 15 is 0 Å². The van der Waals surface area contributed by atoms with Gasteiger partial charge in [-0.15, -0.1) is 0 Å². The molecule has 0 radical (unpaired) electrons. The number of hydrogen-bond donors (Lipinski definition) is 2. The van der Waals surface area contributed by atoms with Crippen molar-refractivity contribution in [2.75, 3.05) is 19.0 Å². The fraction of sp³-hybridized carbons (Fsp3) is 0.316. The SMILES string of the molecule is CC(N)c1cccc(C#N)c1.CC(N)c1cccc(N(C)C)c1. The predicted octanol–water partition coefficient (Wildman–Crippen LogP) is 3.35. The second kappa shape index (κ2) is 8.94. The molecule has 23 heavy (non-hydrogen) atoms. The van der Waals surface area contributed by atoms with Gasteiger partial charge in [0.1, 0.15) is 0 Å². The second-order valence-corrected chi connectivity index (χ2v) is 5.80. The molecule has 0 aromatic heterocycles. The summed E-state index contributed by atoms with van der Waals surface area (Å²) in [4.78, 5) is 2.08. The van der Waals surface area contributed by atoms with E-state index in [9.17, 15) is 0 Å². The molecular weight excluding hydrogens is 284 g/mol. The van der Waals surface area contributed by atoms with Crippen molar-refractivity contribution in [2.45, 2.75) is 25.9 Å². The molecule has 0 saturated heterocycles. The van der Waals surface area contributed by atoms with E-state index in [-0.39, 0.29) is 12.1 Å². The third kappa shape index (κ3) is 6.11. The molecule has 0 aliphatic heterocycles. The molecule has 122 valence electrons. The molecule has 4 N–H and O–H groups in total. The average Bonchev–Trinajstić information content (AvgIpc) is 2.55. The van der Waals surface area contributed by atoms with Gasteiger partial charge in [-0.05, 0) is 49.2 Å². The average molecular weight is 310 g/mol. The van der Waals surface area contributed by atoms with Crippen LogP contribution in [0.2, 0.25) is 0 Å². The van der Waals surface area contributed by atoms with Crippen molar-refractivity contribution in [2.24, 2.45) is 11.5 Å². The van der Waals surface area contributed by atoms with Gasteiger partial charge in [0.05, 0.1) is 11.6 Å². The van der Waals surface area contributed by atoms with Gasteiger partial charge in [0, 0.05) is 31.9 Å². The van der Waals surface area contributed by atoms with E-state index in [0.717, 1.165) is 5.56 Å². The molecule has 2 aromatic carbocycles. The van der Waals surface area contributed by atoms with Crippen LogP contribution in [0.1, 0.15) is 42.6 Å². The van der Waals surface area contributed by atoms with Gasteiger partial charge in [-0.2, -0.15) is 5.26 Å². The lowest BCUT2D eigenvalue weighted by atomic mass is 10.1. The maximum atomic E-state index is 8.55. The van der Waals surface area contributed by atoms with Crippen LogP contribution in [0.15, 0.2) is 48.5 Å². The number of hydrogen-bond acceptors (Lipinski definition) is 4. The second-order valence-electron chi connectivity index (χ2n) is 5.80. The zero-order chi connectivity index (χ0) is 17.4. The Morgan fingerprint density at radius 3 is 1.91 bits per heavy atom. The standard InChI is InChI=1S/C10H16N2.C9H10N2/c1-8(11)9-5-4-6-10(7-9)12(2)3;1-7(11)9-4-2-3-8(5-9)6-10/h4-8H,11H2,1-3H3;2-5,7H,11H2,1H3. The van der Waals surface area contributed by atoms with Gasteiger partial charge in [0.15, 0.2) is 0 Å². The van der Waals surface area contributed by atoms with Gasteiger partial charge in [0.2, 0.25) is 0 Å². The molecule has 0 aliphatic rings. The van der Waals surface area contributed by atoms with Crippen LogP contribution in [-0.4, -0.2) is 14.1 Å². The lowest BCUT2D eigenvalue weighted by Gasteiger charge is -2.14. The molecule has 2 rings (SSSR count). The highest BCUT2D eigenvalue weighted by molar-refractivity contribution is 5.47. The molecule has 4 nitrogen and oxygen atoms in total. The Morgan fingerprint density at radius 1 is 0.913 bits per heavy atom. The molecular formula is C19H26N4. The van der Waals surface area contributed by atoms with Crippen molar-refractivity contribution in [3.05, 3.63) is 65.2 Å². The van der Waals surface area contributed by atoms with Gasteiger partial charge < -0.3 is 16.4 Å². The van der Waals surface area contributed by atoms with Crippen LogP contribution in [0, 0.1) is 11.3 Å². The molecule has 0 bridgehead atoms. The van der Waals surface area contributed by atoms with Crippen molar-refractivity contribution in [3.8, 4) is 6.07 Å². The third-order valence-corrected chi connectivity index (χ3v) is 3.45. The van der Waals surface area contributed by atoms with Gasteiger partial charge >= 0.3 is 0 Å². The van der Waals surface area contributed by atoms with E-state index in [2.05, 4.69) is 29.2 Å². The summed E-state index contributed by atoms with van der Waals surface area (Å²) in [6.07, 6.45) is 0. The first-order chi connectivity index (χ1) is 10.8. The number of nitrogens with zero attached hydrogens (tertiary/aromatic N) is 2. The predicted molar refractivity (Wildman–Crippen MR) is 97.1 cm³/mol. The van der Waals surface area contributed by atoms with E-state index in [1.807, 2.05) is 52.2 Å². The lowest BCUT2D eigenvalue weighted by molar-refractivity contribution is 0.817. The Morgan fingerprint density at radius 2 is 1.43 bits per heavy atom. The summed E-state index contributed by atoms with van der Waals surface area (Å²) in [6.45, 7) is 3.89. The Kier molecular flexibility index (Phi) is 7.27. The third-order valence-electron chi connectivity index (χ3n) is 3.45. The highest BCUT2D eigenvalue weighted by Gasteiger charge is 2.00. The zero-order valence-electron chi connectivity index (χ0n) is 14.3. The highest BCUT2D eigenvalue weighted by Crippen LogP contribution is 2.17. The van der Waals surface area contributed by atoms with E-state index in [1.165, 1.54) is 11.3 Å². The molecule has 0 saturated carbocycles. The molecule has 0 amide bonds. The van der Waals surface area contributed by atoms with Crippen molar-refractivity contribution >= 4 is 5.69 Å². The monoisotopic (exact) mass is 310 g/mol. The Balaban J connectivity index is 0.000000231. The maximum Gasteiger partial charge on any atom is 0.0991 e. The van der Waals surface area contributed by atoms with E-state index in [4.69, 9.17) is 16.7 Å². The molecule has 2 unspecified atom stereocenters. The molecule has 0 heterocycles. The minimum Gasteiger partial charge on any atom is -0.378 e. The van der Waals surface area contributed by atoms with Crippen LogP contribution < -0.4 is 16.4 Å². The van der Waals surface area contributed by atoms with Gasteiger partial charge in [-0.3, -0.25) is 0 Å². The largest absolute Gasteiger partial charge is 0.378 e. The van der Waals surface area contributed by atoms with Crippen LogP contribution in [0.3, 0.4) is 0 Å². The van der Waals surface area contributed by atoms with Crippen molar-refractivity contribution < 1.29 is 0 Å². The van der Waals surface area contributed by atoms with Gasteiger partial charge in [0.25, 0.3) is 0 Å². The quantitative estimate of drug-likeness (QED) is 0.911. The smallest absolute Gasteiger partial charge is 0.0991 e. The highest BCUT2D eigenvalue weighted by atomic mass is 15.1. The fourth-order valence-corrected chi connectivity index (χ4v) is 1.98. The first-order valence-corrected chi connectivity index (χ1v) is 7.63. The van der Waals surface area contributed by atoms with Crippen LogP contribution in [0.5, 0.6) is 0 Å². The van der Waals surface area contributed by atoms with Crippen molar-refractivity contribution in [1.82, 2.24) is 0 Å². The molecule has 4 heteroatoms. The minimum absolute atomic E-state index is 0.00306. The van der Waals surface area contributed by atoms with Crippen molar-refractivity contribution in [3.63, 3.8) is 0 Å². The number of nitrogens with two attached hydrogens (primary N) is 2. The van der Waals surface area contributed by atoms with Crippen LogP contribution in [0.25, 0.3) is 0 Å². The molecule has 2 atom stereocenters. The minimum atomic E-state index is 0.00306. The Labute approximate surface area is 139 Å². The van der Waals surface area contributed by atoms with Crippen LogP contribution in [-0.2, 0) is 0 Å². The normalized spacial score (nSPS) is 12.4. The fourth-order valence-electron chi connectivity index (χ4n) is 1.98. The summed E-state index contributed by atoms with van der Waals surface area (Å²) in [5.74, 6) is 0. The lowest BCUT2D eigenvalue weighted by Crippen LogP contribution is -2.10. The number of anilines is 1. The van der Waals surface area contributed by atoms with Crippen molar-refractivity contribution in [1.29, 1.82) is 5.26 Å². The van der Waals surface area contributed by atoms with Crippen LogP contribution in [0.4, 0.5) is 5.69 Å². The van der Waals surface area contributed by atoms with Crippen LogP contribution >= 0.6 is 0 Å². The summed E-state index contributed by atoms with van der Waals surface area (Å²) < 4.78 is 0. The van der Waals surface area contributed by atoms with E-state index in [1.54, 1.807) is 6.07 Å². The summed E-state index contributed by atoms with van der Waals surface area (Å²) in [5.41, 5.74) is 15.4. The van der Waals surface area contributed by atoms with E-state index in [0.29, 0.717) is 5.56 Å². The zero-order valence-corrected chi connectivity index (χ0v) is 14.3. The summed E-state index contributed by atoms with van der Waals surface area (Å²) in [7, 11) is 4.06. The topological polar surface area (TPSA) is 79.1 Å². The first-order valence-electron chi connectivity index (χ1n) is 7.63. The first kappa shape index (κ1) is 18.7. The molecule has 2 aromatic rings. The number of rotatable bonds is 3. The van der Waals surface area contributed by atoms with E-state index < -0.39 is 0 Å². The summed E-state index contributed by atoms with van der Waals surface area (Å²) in [5, 5.41) is 8.55. The number of nitriles is 1. The molecule has 0 aliphatic carbocycles. The Bertz CT molecular complexity index is 631. The molecule has 0 fully saturated rings. The number of benzene rings is 2.